The van der Waals surface area contributed by atoms with Gasteiger partial charge in [0.25, 0.3) is 0 Å². The van der Waals surface area contributed by atoms with E-state index >= 15 is 0 Å². The first-order valence-corrected chi connectivity index (χ1v) is 2.74. The largest absolute Gasteiger partial charge is 1.00 e. The molecule has 0 amide bonds. The molecule has 0 aliphatic rings. The highest BCUT2D eigenvalue weighted by Gasteiger charge is 1.86. The van der Waals surface area contributed by atoms with Crippen LogP contribution >= 0.6 is 11.6 Å². The molecular formula is C6H7BrClN. The lowest BCUT2D eigenvalue weighted by atomic mass is 10.3. The van der Waals surface area contributed by atoms with Crippen LogP contribution < -0.4 is 22.7 Å². The second-order valence-corrected chi connectivity index (χ2v) is 2.07. The summed E-state index contributed by atoms with van der Waals surface area (Å²) in [5, 5.41) is 0.748. The van der Waals surface area contributed by atoms with E-state index < -0.39 is 0 Å². The molecule has 0 atom stereocenters. The predicted molar refractivity (Wildman–Crippen MR) is 34.0 cm³/mol. The van der Waals surface area contributed by atoms with E-state index in [2.05, 4.69) is 5.73 Å². The number of quaternary nitrogens is 1. The molecule has 1 aromatic rings. The normalized spacial score (nSPS) is 8.22. The lowest BCUT2D eigenvalue weighted by molar-refractivity contribution is -0.254. The molecule has 0 unspecified atom stereocenters. The zero-order valence-electron chi connectivity index (χ0n) is 4.77. The van der Waals surface area contributed by atoms with Crippen LogP contribution in [0.3, 0.4) is 0 Å². The van der Waals surface area contributed by atoms with Crippen molar-refractivity contribution in [3.8, 4) is 0 Å². The van der Waals surface area contributed by atoms with Gasteiger partial charge in [-0.1, -0.05) is 17.7 Å². The molecule has 50 valence electrons. The standard InChI is InChI=1S/C6H6ClN.BrH/c7-5-2-1-3-6(8)4-5;/h1-4H,8H2;1H. The summed E-state index contributed by atoms with van der Waals surface area (Å²) in [4.78, 5) is 0. The van der Waals surface area contributed by atoms with E-state index in [1.807, 2.05) is 24.3 Å². The number of hydrogen-bond acceptors (Lipinski definition) is 0. The zero-order chi connectivity index (χ0) is 5.98. The number of hydrogen-bond donors (Lipinski definition) is 1. The van der Waals surface area contributed by atoms with Crippen molar-refractivity contribution in [2.45, 2.75) is 0 Å². The van der Waals surface area contributed by atoms with Crippen LogP contribution in [0, 0.1) is 0 Å². The molecule has 0 bridgehead atoms. The molecule has 0 aromatic heterocycles. The SMILES string of the molecule is [Br-].[NH3+]c1cccc(Cl)c1. The third kappa shape index (κ3) is 2.84. The van der Waals surface area contributed by atoms with E-state index in [0.29, 0.717) is 0 Å². The van der Waals surface area contributed by atoms with Gasteiger partial charge in [0, 0.05) is 11.1 Å². The minimum absolute atomic E-state index is 0. The zero-order valence-corrected chi connectivity index (χ0v) is 7.11. The Labute approximate surface area is 69.6 Å². The van der Waals surface area contributed by atoms with E-state index in [4.69, 9.17) is 11.6 Å². The van der Waals surface area contributed by atoms with Crippen LogP contribution in [0.25, 0.3) is 0 Å². The van der Waals surface area contributed by atoms with E-state index in [0.717, 1.165) is 10.7 Å². The van der Waals surface area contributed by atoms with Crippen molar-refractivity contribution in [3.05, 3.63) is 29.3 Å². The maximum Gasteiger partial charge on any atom is 0.129 e. The Hall–Kier alpha value is -0.0500. The first kappa shape index (κ1) is 8.95. The quantitative estimate of drug-likeness (QED) is 0.522. The molecule has 1 aromatic carbocycles. The maximum atomic E-state index is 5.60. The van der Waals surface area contributed by atoms with E-state index in [1.54, 1.807) is 0 Å². The third-order valence-corrected chi connectivity index (χ3v) is 1.12. The number of rotatable bonds is 0. The van der Waals surface area contributed by atoms with Crippen LogP contribution in [0.1, 0.15) is 0 Å². The second kappa shape index (κ2) is 3.88. The Bertz CT molecular complexity index is 173. The van der Waals surface area contributed by atoms with Gasteiger partial charge in [0.05, 0.1) is 0 Å². The summed E-state index contributed by atoms with van der Waals surface area (Å²) >= 11 is 5.60. The number of halogens is 2. The molecule has 0 fully saturated rings. The van der Waals surface area contributed by atoms with Gasteiger partial charge in [0.2, 0.25) is 0 Å². The van der Waals surface area contributed by atoms with Crippen molar-refractivity contribution >= 4 is 17.3 Å². The summed E-state index contributed by atoms with van der Waals surface area (Å²) in [6, 6.07) is 7.44. The average Bonchev–Trinajstić information content (AvgIpc) is 1.64. The Balaban J connectivity index is 0.000000640. The van der Waals surface area contributed by atoms with Crippen molar-refractivity contribution in [1.29, 1.82) is 0 Å². The van der Waals surface area contributed by atoms with Gasteiger partial charge in [-0.15, -0.1) is 0 Å². The Kier molecular flexibility index (Phi) is 3.86. The molecule has 0 spiro atoms. The van der Waals surface area contributed by atoms with Crippen LogP contribution in [0.4, 0.5) is 5.69 Å². The van der Waals surface area contributed by atoms with Gasteiger partial charge >= 0.3 is 0 Å². The van der Waals surface area contributed by atoms with Gasteiger partial charge in [-0.3, -0.25) is 0 Å². The van der Waals surface area contributed by atoms with Gasteiger partial charge in [-0.05, 0) is 12.1 Å². The van der Waals surface area contributed by atoms with Crippen LogP contribution in [0.5, 0.6) is 0 Å². The van der Waals surface area contributed by atoms with Crippen molar-refractivity contribution in [2.24, 2.45) is 0 Å². The van der Waals surface area contributed by atoms with Crippen LogP contribution in [-0.2, 0) is 0 Å². The number of benzene rings is 1. The molecule has 3 heteroatoms. The monoisotopic (exact) mass is 207 g/mol. The lowest BCUT2D eigenvalue weighted by Crippen LogP contribution is -3.00. The Morgan fingerprint density at radius 1 is 1.33 bits per heavy atom. The van der Waals surface area contributed by atoms with Crippen molar-refractivity contribution < 1.29 is 22.7 Å². The highest BCUT2D eigenvalue weighted by Crippen LogP contribution is 2.09. The van der Waals surface area contributed by atoms with Gasteiger partial charge in [-0.2, -0.15) is 0 Å². The highest BCUT2D eigenvalue weighted by atomic mass is 79.9. The average molecular weight is 208 g/mol. The van der Waals surface area contributed by atoms with Crippen LogP contribution in [0.2, 0.25) is 5.02 Å². The molecular weight excluding hydrogens is 201 g/mol. The molecule has 0 saturated heterocycles. The molecule has 1 rings (SSSR count). The van der Waals surface area contributed by atoms with Crippen molar-refractivity contribution in [2.75, 3.05) is 0 Å². The summed E-state index contributed by atoms with van der Waals surface area (Å²) in [6.07, 6.45) is 0. The van der Waals surface area contributed by atoms with Gasteiger partial charge in [0.1, 0.15) is 5.69 Å². The van der Waals surface area contributed by atoms with Crippen LogP contribution in [-0.4, -0.2) is 0 Å². The summed E-state index contributed by atoms with van der Waals surface area (Å²) < 4.78 is 0. The molecule has 9 heavy (non-hydrogen) atoms. The predicted octanol–water partition coefficient (Wildman–Crippen LogP) is -1.78. The summed E-state index contributed by atoms with van der Waals surface area (Å²) in [7, 11) is 0. The Morgan fingerprint density at radius 2 is 2.00 bits per heavy atom. The van der Waals surface area contributed by atoms with Gasteiger partial charge in [0.15, 0.2) is 0 Å². The smallest absolute Gasteiger partial charge is 0.129 e. The molecule has 0 aliphatic carbocycles. The Morgan fingerprint density at radius 3 is 2.33 bits per heavy atom. The minimum Gasteiger partial charge on any atom is -1.00 e. The van der Waals surface area contributed by atoms with Crippen LogP contribution in [0.15, 0.2) is 24.3 Å². The lowest BCUT2D eigenvalue weighted by Gasteiger charge is -1.85. The van der Waals surface area contributed by atoms with Crippen molar-refractivity contribution in [3.63, 3.8) is 0 Å². The molecule has 0 radical (unpaired) electrons. The summed E-state index contributed by atoms with van der Waals surface area (Å²) in [5.41, 5.74) is 4.65. The topological polar surface area (TPSA) is 27.6 Å². The van der Waals surface area contributed by atoms with Gasteiger partial charge < -0.3 is 22.7 Å². The van der Waals surface area contributed by atoms with E-state index in [-0.39, 0.29) is 17.0 Å². The van der Waals surface area contributed by atoms with E-state index in [1.165, 1.54) is 0 Å². The first-order valence-electron chi connectivity index (χ1n) is 2.36. The molecule has 0 saturated carbocycles. The molecule has 0 heterocycles. The van der Waals surface area contributed by atoms with E-state index in [9.17, 15) is 0 Å². The molecule has 1 nitrogen and oxygen atoms in total. The first-order chi connectivity index (χ1) is 3.79. The second-order valence-electron chi connectivity index (χ2n) is 1.63. The third-order valence-electron chi connectivity index (χ3n) is 0.889. The fraction of sp³-hybridized carbons (Fsp3) is 0. The maximum absolute atomic E-state index is 5.60. The fourth-order valence-corrected chi connectivity index (χ4v) is 0.750. The van der Waals surface area contributed by atoms with Crippen molar-refractivity contribution in [1.82, 2.24) is 0 Å². The minimum atomic E-state index is 0. The van der Waals surface area contributed by atoms with Gasteiger partial charge in [-0.25, -0.2) is 0 Å². The molecule has 0 aliphatic heterocycles. The summed E-state index contributed by atoms with van der Waals surface area (Å²) in [5.74, 6) is 0. The molecule has 3 N–H and O–H groups in total. The highest BCUT2D eigenvalue weighted by molar-refractivity contribution is 6.30. The fourth-order valence-electron chi connectivity index (χ4n) is 0.537. The summed E-state index contributed by atoms with van der Waals surface area (Å²) in [6.45, 7) is 0.